The summed E-state index contributed by atoms with van der Waals surface area (Å²) in [5, 5.41) is 10.4. The van der Waals surface area contributed by atoms with Gasteiger partial charge in [-0.05, 0) is 31.5 Å². The summed E-state index contributed by atoms with van der Waals surface area (Å²) in [4.78, 5) is 25.2. The van der Waals surface area contributed by atoms with Gasteiger partial charge in [-0.1, -0.05) is 18.5 Å². The fourth-order valence-corrected chi connectivity index (χ4v) is 2.76. The molecule has 3 rings (SSSR count). The number of anilines is 1. The highest BCUT2D eigenvalue weighted by Gasteiger charge is 2.16. The van der Waals surface area contributed by atoms with Crippen molar-refractivity contribution in [1.82, 2.24) is 14.8 Å². The summed E-state index contributed by atoms with van der Waals surface area (Å²) in [7, 11) is 0. The Labute approximate surface area is 143 Å². The van der Waals surface area contributed by atoms with E-state index in [0.29, 0.717) is 22.8 Å². The number of aromatic amines is 1. The van der Waals surface area contributed by atoms with Crippen molar-refractivity contribution in [1.29, 1.82) is 0 Å². The molecule has 1 amide bonds. The van der Waals surface area contributed by atoms with Gasteiger partial charge in [-0.15, -0.1) is 0 Å². The fourth-order valence-electron chi connectivity index (χ4n) is 2.58. The molecule has 0 radical (unpaired) electrons. The number of aromatic nitrogens is 3. The number of nitrogens with zero attached hydrogens (tertiary/aromatic N) is 2. The van der Waals surface area contributed by atoms with Gasteiger partial charge in [0.05, 0.1) is 5.52 Å². The van der Waals surface area contributed by atoms with Crippen LogP contribution in [0.25, 0.3) is 10.9 Å². The van der Waals surface area contributed by atoms with Crippen LogP contribution in [0.4, 0.5) is 5.82 Å². The highest BCUT2D eigenvalue weighted by atomic mass is 35.5. The molecule has 0 aliphatic carbocycles. The molecular weight excluding hydrogens is 328 g/mol. The van der Waals surface area contributed by atoms with Gasteiger partial charge in [-0.25, -0.2) is 0 Å². The average molecular weight is 345 g/mol. The number of benzene rings is 1. The summed E-state index contributed by atoms with van der Waals surface area (Å²) in [5.74, 6) is -0.0938. The number of rotatable bonds is 4. The number of halogens is 1. The number of hydrogen-bond donors (Lipinski definition) is 2. The van der Waals surface area contributed by atoms with Crippen LogP contribution in [0.5, 0.6) is 0 Å². The molecule has 6 nitrogen and oxygen atoms in total. The molecule has 2 aromatic heterocycles. The van der Waals surface area contributed by atoms with Crippen LogP contribution in [0, 0.1) is 0 Å². The molecule has 0 saturated carbocycles. The van der Waals surface area contributed by atoms with Gasteiger partial charge < -0.3 is 9.88 Å². The molecule has 0 bridgehead atoms. The Morgan fingerprint density at radius 1 is 1.33 bits per heavy atom. The maximum absolute atomic E-state index is 12.7. The molecular formula is C17H17ClN4O2. The normalized spacial score (nSPS) is 11.0. The van der Waals surface area contributed by atoms with E-state index in [9.17, 15) is 9.59 Å². The molecule has 24 heavy (non-hydrogen) atoms. The first-order valence-electron chi connectivity index (χ1n) is 7.71. The minimum absolute atomic E-state index is 0.0627. The first-order chi connectivity index (χ1) is 11.5. The highest BCUT2D eigenvalue weighted by molar-refractivity contribution is 6.31. The zero-order valence-electron chi connectivity index (χ0n) is 13.4. The minimum Gasteiger partial charge on any atom is -0.347 e. The number of amides is 1. The van der Waals surface area contributed by atoms with Crippen LogP contribution in [0.1, 0.15) is 29.9 Å². The fraction of sp³-hybridized carbons (Fsp3) is 0.235. The summed E-state index contributed by atoms with van der Waals surface area (Å²) >= 11 is 6.00. The third kappa shape index (κ3) is 2.92. The van der Waals surface area contributed by atoms with Crippen molar-refractivity contribution >= 4 is 34.2 Å². The van der Waals surface area contributed by atoms with Gasteiger partial charge in [-0.2, -0.15) is 5.10 Å². The zero-order chi connectivity index (χ0) is 17.3. The lowest BCUT2D eigenvalue weighted by Crippen LogP contribution is -2.24. The van der Waals surface area contributed by atoms with Crippen molar-refractivity contribution < 1.29 is 4.79 Å². The van der Waals surface area contributed by atoms with E-state index in [0.717, 1.165) is 17.6 Å². The average Bonchev–Trinajstić information content (AvgIpc) is 3.03. The van der Waals surface area contributed by atoms with Crippen LogP contribution in [-0.4, -0.2) is 20.7 Å². The molecule has 3 aromatic rings. The van der Waals surface area contributed by atoms with Gasteiger partial charge in [0, 0.05) is 34.9 Å². The van der Waals surface area contributed by atoms with E-state index >= 15 is 0 Å². The third-order valence-electron chi connectivity index (χ3n) is 3.88. The quantitative estimate of drug-likeness (QED) is 0.762. The third-order valence-corrected chi connectivity index (χ3v) is 4.12. The number of aryl methyl sites for hydroxylation is 2. The molecule has 0 atom stereocenters. The molecule has 0 aliphatic heterocycles. The molecule has 0 fully saturated rings. The number of hydrogen-bond acceptors (Lipinski definition) is 3. The molecule has 2 N–H and O–H groups in total. The van der Waals surface area contributed by atoms with Crippen molar-refractivity contribution in [2.45, 2.75) is 26.8 Å². The van der Waals surface area contributed by atoms with Gasteiger partial charge in [0.1, 0.15) is 5.56 Å². The lowest BCUT2D eigenvalue weighted by Gasteiger charge is -2.11. The Kier molecular flexibility index (Phi) is 4.40. The number of carbonyl (C=O) groups is 1. The van der Waals surface area contributed by atoms with E-state index in [-0.39, 0.29) is 11.0 Å². The summed E-state index contributed by atoms with van der Waals surface area (Å²) < 4.78 is 1.85. The highest BCUT2D eigenvalue weighted by Crippen LogP contribution is 2.18. The molecule has 0 unspecified atom stereocenters. The summed E-state index contributed by atoms with van der Waals surface area (Å²) in [6, 6.07) is 6.84. The SMILES string of the molecule is CCc1cc(NC(=O)c2cn(CC)c3ccc(Cl)cc3c2=O)n[nH]1. The molecule has 124 valence electrons. The van der Waals surface area contributed by atoms with Crippen LogP contribution in [-0.2, 0) is 13.0 Å². The number of fused-ring (bicyclic) bond motifs is 1. The van der Waals surface area contributed by atoms with Gasteiger partial charge in [0.25, 0.3) is 5.91 Å². The van der Waals surface area contributed by atoms with Crippen molar-refractivity contribution in [3.05, 3.63) is 57.0 Å². The van der Waals surface area contributed by atoms with Crippen molar-refractivity contribution in [3.8, 4) is 0 Å². The second kappa shape index (κ2) is 6.49. The van der Waals surface area contributed by atoms with Crippen LogP contribution in [0.2, 0.25) is 5.02 Å². The first-order valence-corrected chi connectivity index (χ1v) is 8.09. The van der Waals surface area contributed by atoms with Gasteiger partial charge in [-0.3, -0.25) is 14.7 Å². The second-order valence-electron chi connectivity index (χ2n) is 5.41. The van der Waals surface area contributed by atoms with Crippen LogP contribution < -0.4 is 10.7 Å². The lowest BCUT2D eigenvalue weighted by molar-refractivity contribution is 0.102. The van der Waals surface area contributed by atoms with Crippen LogP contribution >= 0.6 is 11.6 Å². The maximum atomic E-state index is 12.7. The molecule has 2 heterocycles. The molecule has 7 heteroatoms. The van der Waals surface area contributed by atoms with E-state index in [1.807, 2.05) is 18.4 Å². The van der Waals surface area contributed by atoms with E-state index < -0.39 is 5.91 Å². The zero-order valence-corrected chi connectivity index (χ0v) is 14.1. The number of carbonyl (C=O) groups excluding carboxylic acids is 1. The number of nitrogens with one attached hydrogen (secondary N) is 2. The standard InChI is InChI=1S/C17H17ClN4O2/c1-3-11-8-15(21-20-11)19-17(24)13-9-22(4-2)14-6-5-10(18)7-12(14)16(13)23/h5-9H,3-4H2,1-2H3,(H2,19,20,21,24). The lowest BCUT2D eigenvalue weighted by atomic mass is 10.1. The van der Waals surface area contributed by atoms with Crippen molar-refractivity contribution in [3.63, 3.8) is 0 Å². The van der Waals surface area contributed by atoms with Crippen LogP contribution in [0.15, 0.2) is 35.3 Å². The molecule has 0 spiro atoms. The monoisotopic (exact) mass is 344 g/mol. The Morgan fingerprint density at radius 2 is 2.12 bits per heavy atom. The van der Waals surface area contributed by atoms with E-state index in [1.165, 1.54) is 0 Å². The van der Waals surface area contributed by atoms with Gasteiger partial charge >= 0.3 is 0 Å². The smallest absolute Gasteiger partial charge is 0.262 e. The summed E-state index contributed by atoms with van der Waals surface area (Å²) in [5.41, 5.74) is 1.37. The van der Waals surface area contributed by atoms with E-state index in [2.05, 4.69) is 15.5 Å². The first kappa shape index (κ1) is 16.3. The Morgan fingerprint density at radius 3 is 2.79 bits per heavy atom. The Hall–Kier alpha value is -2.60. The summed E-state index contributed by atoms with van der Waals surface area (Å²) in [6.07, 6.45) is 2.35. The second-order valence-corrected chi connectivity index (χ2v) is 5.84. The van der Waals surface area contributed by atoms with Gasteiger partial charge in [0.2, 0.25) is 5.43 Å². The number of pyridine rings is 1. The van der Waals surface area contributed by atoms with Gasteiger partial charge in [0.15, 0.2) is 5.82 Å². The van der Waals surface area contributed by atoms with E-state index in [4.69, 9.17) is 11.6 Å². The predicted molar refractivity (Wildman–Crippen MR) is 94.8 cm³/mol. The predicted octanol–water partition coefficient (Wildman–Crippen LogP) is 3.21. The molecule has 0 saturated heterocycles. The Balaban J connectivity index is 2.06. The van der Waals surface area contributed by atoms with Crippen molar-refractivity contribution in [2.24, 2.45) is 0 Å². The topological polar surface area (TPSA) is 79.8 Å². The Bertz CT molecular complexity index is 974. The van der Waals surface area contributed by atoms with Crippen LogP contribution in [0.3, 0.4) is 0 Å². The largest absolute Gasteiger partial charge is 0.347 e. The minimum atomic E-state index is -0.488. The molecule has 0 aliphatic rings. The number of H-pyrrole nitrogens is 1. The van der Waals surface area contributed by atoms with E-state index in [1.54, 1.807) is 30.5 Å². The summed E-state index contributed by atoms with van der Waals surface area (Å²) in [6.45, 7) is 4.55. The maximum Gasteiger partial charge on any atom is 0.262 e. The van der Waals surface area contributed by atoms with Crippen molar-refractivity contribution in [2.75, 3.05) is 5.32 Å². The molecule has 1 aromatic carbocycles.